The lowest BCUT2D eigenvalue weighted by Gasteiger charge is -2.26. The van der Waals surface area contributed by atoms with Gasteiger partial charge in [0, 0.05) is 17.3 Å². The smallest absolute Gasteiger partial charge is 0.300 e. The number of nitrogens with zero attached hydrogens (tertiary/aromatic N) is 1. The molecule has 0 aromatic heterocycles. The molecule has 1 aliphatic rings. The third kappa shape index (κ3) is 5.10. The Morgan fingerprint density at radius 2 is 1.65 bits per heavy atom. The molecule has 3 aromatic rings. The van der Waals surface area contributed by atoms with Crippen molar-refractivity contribution in [3.05, 3.63) is 94.6 Å². The first-order valence-corrected chi connectivity index (χ1v) is 12.6. The minimum absolute atomic E-state index is 0.0488. The van der Waals surface area contributed by atoms with Crippen LogP contribution in [-0.4, -0.2) is 30.0 Å². The van der Waals surface area contributed by atoms with E-state index in [2.05, 4.69) is 13.8 Å². The molecule has 1 saturated heterocycles. The summed E-state index contributed by atoms with van der Waals surface area (Å²) in [7, 11) is 0. The molecule has 0 bridgehead atoms. The number of Topliss-reactive ketones (excluding diaryl/α,β-unsaturated/α-hetero) is 1. The molecule has 192 valence electrons. The number of aliphatic hydroxyl groups is 1. The number of carbonyl (C=O) groups is 2. The monoisotopic (exact) mass is 499 g/mol. The summed E-state index contributed by atoms with van der Waals surface area (Å²) in [4.78, 5) is 28.4. The molecule has 6 nitrogen and oxygen atoms in total. The zero-order valence-corrected chi connectivity index (χ0v) is 21.9. The number of carbonyl (C=O) groups excluding carboxylic acids is 2. The zero-order valence-electron chi connectivity index (χ0n) is 21.9. The second-order valence-corrected chi connectivity index (χ2v) is 9.33. The molecular formula is C31H33NO5. The van der Waals surface area contributed by atoms with Gasteiger partial charge < -0.3 is 14.6 Å². The van der Waals surface area contributed by atoms with Crippen LogP contribution in [0.4, 0.5) is 5.69 Å². The van der Waals surface area contributed by atoms with E-state index in [1.165, 1.54) is 4.90 Å². The predicted octanol–water partition coefficient (Wildman–Crippen LogP) is 6.54. The minimum Gasteiger partial charge on any atom is -0.507 e. The van der Waals surface area contributed by atoms with Gasteiger partial charge in [0.15, 0.2) is 0 Å². The molecule has 4 rings (SSSR count). The number of benzene rings is 3. The third-order valence-electron chi connectivity index (χ3n) is 6.52. The van der Waals surface area contributed by atoms with Gasteiger partial charge in [-0.2, -0.15) is 0 Å². The van der Waals surface area contributed by atoms with Crippen LogP contribution in [-0.2, 0) is 9.59 Å². The number of aryl methyl sites for hydroxylation is 1. The van der Waals surface area contributed by atoms with Crippen molar-refractivity contribution in [2.45, 2.75) is 46.6 Å². The standard InChI is InChI=1S/C31H33NO5/c1-6-36-25-10-8-9-24(18-25)32-28(22-13-11-21(12-14-22)19(3)4)27(30(34)31(32)35)29(33)23-15-16-26(37-7-2)20(5)17-23/h8-19,28,33H,6-7H2,1-5H3/b29-27+. The highest BCUT2D eigenvalue weighted by Gasteiger charge is 2.47. The summed E-state index contributed by atoms with van der Waals surface area (Å²) in [6.07, 6.45) is 0. The lowest BCUT2D eigenvalue weighted by atomic mass is 9.92. The Hall–Kier alpha value is -4.06. The van der Waals surface area contributed by atoms with Crippen LogP contribution in [0.15, 0.2) is 72.3 Å². The Morgan fingerprint density at radius 1 is 0.946 bits per heavy atom. The number of amides is 1. The van der Waals surface area contributed by atoms with Gasteiger partial charge in [0.05, 0.1) is 24.8 Å². The zero-order chi connectivity index (χ0) is 26.7. The maximum atomic E-state index is 13.5. The van der Waals surface area contributed by atoms with E-state index in [1.807, 2.05) is 45.0 Å². The molecule has 0 aliphatic carbocycles. The summed E-state index contributed by atoms with van der Waals surface area (Å²) < 4.78 is 11.3. The van der Waals surface area contributed by atoms with Crippen molar-refractivity contribution in [1.82, 2.24) is 0 Å². The molecule has 1 atom stereocenters. The van der Waals surface area contributed by atoms with E-state index in [1.54, 1.807) is 42.5 Å². The molecule has 0 saturated carbocycles. The van der Waals surface area contributed by atoms with Crippen molar-refractivity contribution >= 4 is 23.1 Å². The van der Waals surface area contributed by atoms with Gasteiger partial charge in [-0.25, -0.2) is 0 Å². The Balaban J connectivity index is 1.90. The van der Waals surface area contributed by atoms with Crippen LogP contribution in [0.2, 0.25) is 0 Å². The number of ether oxygens (including phenoxy) is 2. The highest BCUT2D eigenvalue weighted by atomic mass is 16.5. The van der Waals surface area contributed by atoms with Crippen molar-refractivity contribution in [1.29, 1.82) is 0 Å². The number of ketones is 1. The lowest BCUT2D eigenvalue weighted by molar-refractivity contribution is -0.132. The number of aliphatic hydroxyl groups excluding tert-OH is 1. The first-order valence-electron chi connectivity index (χ1n) is 12.6. The van der Waals surface area contributed by atoms with Crippen molar-refractivity contribution in [2.75, 3.05) is 18.1 Å². The highest BCUT2D eigenvalue weighted by molar-refractivity contribution is 6.51. The Labute approximate surface area is 218 Å². The largest absolute Gasteiger partial charge is 0.507 e. The fourth-order valence-electron chi connectivity index (χ4n) is 4.64. The Morgan fingerprint density at radius 3 is 2.27 bits per heavy atom. The normalized spacial score (nSPS) is 16.9. The average molecular weight is 500 g/mol. The van der Waals surface area contributed by atoms with Gasteiger partial charge in [-0.1, -0.05) is 44.2 Å². The van der Waals surface area contributed by atoms with Crippen molar-refractivity contribution in [3.63, 3.8) is 0 Å². The van der Waals surface area contributed by atoms with Crippen LogP contribution in [0, 0.1) is 6.92 Å². The fraction of sp³-hybridized carbons (Fsp3) is 0.290. The van der Waals surface area contributed by atoms with Gasteiger partial charge in [-0.3, -0.25) is 14.5 Å². The van der Waals surface area contributed by atoms with E-state index in [4.69, 9.17) is 9.47 Å². The molecular weight excluding hydrogens is 466 g/mol. The molecule has 1 N–H and O–H groups in total. The van der Waals surface area contributed by atoms with Crippen molar-refractivity contribution in [3.8, 4) is 11.5 Å². The molecule has 0 radical (unpaired) electrons. The molecule has 1 fully saturated rings. The van der Waals surface area contributed by atoms with E-state index in [0.29, 0.717) is 41.9 Å². The average Bonchev–Trinajstić information content (AvgIpc) is 3.15. The molecule has 1 amide bonds. The maximum Gasteiger partial charge on any atom is 0.300 e. The summed E-state index contributed by atoms with van der Waals surface area (Å²) in [6.45, 7) is 10.9. The van der Waals surface area contributed by atoms with E-state index in [9.17, 15) is 14.7 Å². The van der Waals surface area contributed by atoms with Gasteiger partial charge in [-0.05, 0) is 73.7 Å². The second kappa shape index (κ2) is 10.9. The first-order chi connectivity index (χ1) is 17.8. The highest BCUT2D eigenvalue weighted by Crippen LogP contribution is 2.43. The SMILES string of the molecule is CCOc1cccc(N2C(=O)C(=O)/C(=C(/O)c3ccc(OCC)c(C)c3)C2c2ccc(C(C)C)cc2)c1. The predicted molar refractivity (Wildman–Crippen MR) is 145 cm³/mol. The topological polar surface area (TPSA) is 76.1 Å². The van der Waals surface area contributed by atoms with Crippen LogP contribution in [0.1, 0.15) is 61.9 Å². The van der Waals surface area contributed by atoms with Crippen molar-refractivity contribution in [2.24, 2.45) is 0 Å². The van der Waals surface area contributed by atoms with E-state index in [0.717, 1.165) is 16.7 Å². The molecule has 1 aliphatic heterocycles. The van der Waals surface area contributed by atoms with Gasteiger partial charge >= 0.3 is 0 Å². The Kier molecular flexibility index (Phi) is 7.67. The van der Waals surface area contributed by atoms with Crippen LogP contribution in [0.5, 0.6) is 11.5 Å². The number of rotatable bonds is 8. The van der Waals surface area contributed by atoms with Gasteiger partial charge in [0.2, 0.25) is 0 Å². The number of hydrogen-bond donors (Lipinski definition) is 1. The summed E-state index contributed by atoms with van der Waals surface area (Å²) in [5.41, 5.74) is 3.71. The molecule has 0 spiro atoms. The lowest BCUT2D eigenvalue weighted by Crippen LogP contribution is -2.29. The van der Waals surface area contributed by atoms with Gasteiger partial charge in [-0.15, -0.1) is 0 Å². The van der Waals surface area contributed by atoms with Crippen LogP contribution >= 0.6 is 0 Å². The van der Waals surface area contributed by atoms with Crippen LogP contribution < -0.4 is 14.4 Å². The molecule has 6 heteroatoms. The summed E-state index contributed by atoms with van der Waals surface area (Å²) in [5.74, 6) is -0.0217. The summed E-state index contributed by atoms with van der Waals surface area (Å²) >= 11 is 0. The molecule has 3 aromatic carbocycles. The molecule has 37 heavy (non-hydrogen) atoms. The maximum absolute atomic E-state index is 13.5. The Bertz CT molecular complexity index is 1340. The van der Waals surface area contributed by atoms with E-state index < -0.39 is 17.7 Å². The fourth-order valence-corrected chi connectivity index (χ4v) is 4.64. The van der Waals surface area contributed by atoms with Gasteiger partial charge in [0.1, 0.15) is 17.3 Å². The summed E-state index contributed by atoms with van der Waals surface area (Å²) in [5, 5.41) is 11.4. The summed E-state index contributed by atoms with van der Waals surface area (Å²) in [6, 6.07) is 19.4. The van der Waals surface area contributed by atoms with E-state index >= 15 is 0 Å². The third-order valence-corrected chi connectivity index (χ3v) is 6.52. The minimum atomic E-state index is -0.801. The van der Waals surface area contributed by atoms with Crippen molar-refractivity contribution < 1.29 is 24.2 Å². The van der Waals surface area contributed by atoms with Gasteiger partial charge in [0.25, 0.3) is 11.7 Å². The quantitative estimate of drug-likeness (QED) is 0.216. The number of anilines is 1. The van der Waals surface area contributed by atoms with E-state index in [-0.39, 0.29) is 11.3 Å². The van der Waals surface area contributed by atoms with Crippen LogP contribution in [0.25, 0.3) is 5.76 Å². The molecule has 1 heterocycles. The second-order valence-electron chi connectivity index (χ2n) is 9.33. The molecule has 1 unspecified atom stereocenters. The van der Waals surface area contributed by atoms with Crippen LogP contribution in [0.3, 0.4) is 0 Å². The first kappa shape index (κ1) is 26.0. The number of hydrogen-bond acceptors (Lipinski definition) is 5.